The molecule has 0 bridgehead atoms. The van der Waals surface area contributed by atoms with Gasteiger partial charge < -0.3 is 10.2 Å². The van der Waals surface area contributed by atoms with Crippen LogP contribution in [0.15, 0.2) is 15.5 Å². The maximum atomic E-state index is 12.0. The zero-order chi connectivity index (χ0) is 13.6. The fourth-order valence-corrected chi connectivity index (χ4v) is 4.11. The Hall–Kier alpha value is -0.880. The summed E-state index contributed by atoms with van der Waals surface area (Å²) in [6.07, 6.45) is 2.91. The molecule has 19 heavy (non-hydrogen) atoms. The molecule has 0 amide bonds. The molecule has 0 radical (unpaired) electrons. The minimum atomic E-state index is -0.0671. The molecule has 1 aromatic heterocycles. The summed E-state index contributed by atoms with van der Waals surface area (Å²) in [7, 11) is 1.68. The molecule has 0 aromatic carbocycles. The number of nitrogens with one attached hydrogen (secondary N) is 1. The highest BCUT2D eigenvalue weighted by Crippen LogP contribution is 2.38. The predicted molar refractivity (Wildman–Crippen MR) is 78.5 cm³/mol. The number of fused-ring (bicyclic) bond motifs is 1. The molecule has 6 heteroatoms. The maximum Gasteiger partial charge on any atom is 0.282 e. The zero-order valence-corrected chi connectivity index (χ0v) is 12.9. The van der Waals surface area contributed by atoms with Gasteiger partial charge in [0, 0.05) is 32.7 Å². The van der Waals surface area contributed by atoms with E-state index in [-0.39, 0.29) is 5.56 Å². The van der Waals surface area contributed by atoms with Crippen molar-refractivity contribution < 1.29 is 0 Å². The molecule has 0 aliphatic carbocycles. The third-order valence-electron chi connectivity index (χ3n) is 4.51. The van der Waals surface area contributed by atoms with Gasteiger partial charge in [-0.25, -0.2) is 4.68 Å². The molecule has 3 unspecified atom stereocenters. The van der Waals surface area contributed by atoms with E-state index in [0.717, 1.165) is 31.7 Å². The quantitative estimate of drug-likeness (QED) is 0.880. The van der Waals surface area contributed by atoms with E-state index < -0.39 is 0 Å². The molecule has 5 nitrogen and oxygen atoms in total. The van der Waals surface area contributed by atoms with Gasteiger partial charge in [0.15, 0.2) is 0 Å². The Labute approximate surface area is 121 Å². The van der Waals surface area contributed by atoms with Crippen LogP contribution in [-0.4, -0.2) is 35.5 Å². The van der Waals surface area contributed by atoms with Crippen LogP contribution in [0, 0.1) is 11.8 Å². The summed E-state index contributed by atoms with van der Waals surface area (Å²) in [4.78, 5) is 14.4. The van der Waals surface area contributed by atoms with Gasteiger partial charge in [-0.05, 0) is 34.2 Å². The molecule has 3 atom stereocenters. The Morgan fingerprint density at radius 3 is 3.05 bits per heavy atom. The van der Waals surface area contributed by atoms with Crippen LogP contribution in [0.25, 0.3) is 0 Å². The Morgan fingerprint density at radius 1 is 1.53 bits per heavy atom. The van der Waals surface area contributed by atoms with E-state index in [1.54, 1.807) is 7.05 Å². The van der Waals surface area contributed by atoms with Gasteiger partial charge in [0.1, 0.15) is 4.47 Å². The zero-order valence-electron chi connectivity index (χ0n) is 11.3. The summed E-state index contributed by atoms with van der Waals surface area (Å²) in [6.45, 7) is 5.42. The highest BCUT2D eigenvalue weighted by Gasteiger charge is 2.43. The van der Waals surface area contributed by atoms with Crippen molar-refractivity contribution >= 4 is 21.6 Å². The first kappa shape index (κ1) is 13.1. The molecule has 3 heterocycles. The second kappa shape index (κ2) is 4.90. The summed E-state index contributed by atoms with van der Waals surface area (Å²) in [6, 6.07) is 0.505. The summed E-state index contributed by atoms with van der Waals surface area (Å²) >= 11 is 3.45. The van der Waals surface area contributed by atoms with Gasteiger partial charge in [0.05, 0.1) is 11.9 Å². The van der Waals surface area contributed by atoms with Gasteiger partial charge in [0.25, 0.3) is 5.56 Å². The number of rotatable bonds is 2. The van der Waals surface area contributed by atoms with Gasteiger partial charge in [-0.15, -0.1) is 0 Å². The molecule has 2 aliphatic heterocycles. The first-order valence-electron chi connectivity index (χ1n) is 6.82. The molecule has 2 fully saturated rings. The summed E-state index contributed by atoms with van der Waals surface area (Å²) in [5, 5.41) is 7.64. The summed E-state index contributed by atoms with van der Waals surface area (Å²) in [5.74, 6) is 1.39. The highest BCUT2D eigenvalue weighted by molar-refractivity contribution is 9.10. The topological polar surface area (TPSA) is 50.2 Å². The molecule has 0 spiro atoms. The van der Waals surface area contributed by atoms with Crippen LogP contribution >= 0.6 is 15.9 Å². The number of anilines is 1. The van der Waals surface area contributed by atoms with Crippen molar-refractivity contribution in [3.05, 3.63) is 21.0 Å². The average Bonchev–Trinajstić information content (AvgIpc) is 2.96. The molecule has 2 aliphatic rings. The van der Waals surface area contributed by atoms with Crippen LogP contribution in [0.3, 0.4) is 0 Å². The van der Waals surface area contributed by atoms with E-state index >= 15 is 0 Å². The molecule has 104 valence electrons. The monoisotopic (exact) mass is 326 g/mol. The lowest BCUT2D eigenvalue weighted by Gasteiger charge is -2.29. The summed E-state index contributed by atoms with van der Waals surface area (Å²) < 4.78 is 2.00. The molecular weight excluding hydrogens is 308 g/mol. The number of nitrogens with zero attached hydrogens (tertiary/aromatic N) is 3. The van der Waals surface area contributed by atoms with Crippen LogP contribution in [0.1, 0.15) is 13.3 Å². The normalized spacial score (nSPS) is 29.8. The van der Waals surface area contributed by atoms with Gasteiger partial charge in [-0.2, -0.15) is 5.10 Å². The Bertz CT molecular complexity index is 544. The molecule has 0 saturated carbocycles. The second-order valence-corrected chi connectivity index (χ2v) is 6.28. The Balaban J connectivity index is 1.98. The smallest absolute Gasteiger partial charge is 0.282 e. The minimum Gasteiger partial charge on any atom is -0.366 e. The van der Waals surface area contributed by atoms with E-state index in [4.69, 9.17) is 0 Å². The van der Waals surface area contributed by atoms with Crippen molar-refractivity contribution in [2.75, 3.05) is 24.5 Å². The Kier molecular flexibility index (Phi) is 3.39. The molecule has 2 saturated heterocycles. The molecule has 3 rings (SSSR count). The van der Waals surface area contributed by atoms with E-state index in [2.05, 4.69) is 38.2 Å². The van der Waals surface area contributed by atoms with Crippen LogP contribution in [0.5, 0.6) is 0 Å². The standard InChI is InChI=1S/C13H19BrN4O/c1-3-10-9-5-15-4-8(9)7-18(10)11-6-16-17(2)13(19)12(11)14/h6,8-10,15H,3-5,7H2,1-2H3. The van der Waals surface area contributed by atoms with E-state index in [9.17, 15) is 4.79 Å². The number of aryl methyl sites for hydroxylation is 1. The fourth-order valence-electron chi connectivity index (χ4n) is 3.53. The lowest BCUT2D eigenvalue weighted by Crippen LogP contribution is -2.36. The number of hydrogen-bond donors (Lipinski definition) is 1. The fraction of sp³-hybridized carbons (Fsp3) is 0.692. The third kappa shape index (κ3) is 2.01. The lowest BCUT2D eigenvalue weighted by atomic mass is 9.93. The SMILES string of the molecule is CCC1C2CNCC2CN1c1cnn(C)c(=O)c1Br. The Morgan fingerprint density at radius 2 is 2.32 bits per heavy atom. The number of halogens is 1. The molecule has 1 N–H and O–H groups in total. The van der Waals surface area contributed by atoms with Crippen molar-refractivity contribution in [1.29, 1.82) is 0 Å². The van der Waals surface area contributed by atoms with E-state index in [1.807, 2.05) is 6.20 Å². The first-order valence-corrected chi connectivity index (χ1v) is 7.62. The number of hydrogen-bond acceptors (Lipinski definition) is 4. The van der Waals surface area contributed by atoms with Crippen LogP contribution < -0.4 is 15.8 Å². The van der Waals surface area contributed by atoms with Crippen molar-refractivity contribution in [2.24, 2.45) is 18.9 Å². The predicted octanol–water partition coefficient (Wildman–Crippen LogP) is 0.977. The largest absolute Gasteiger partial charge is 0.366 e. The van der Waals surface area contributed by atoms with Crippen molar-refractivity contribution in [3.8, 4) is 0 Å². The summed E-state index contributed by atoms with van der Waals surface area (Å²) in [5.41, 5.74) is 0.881. The second-order valence-electron chi connectivity index (χ2n) is 5.48. The average molecular weight is 327 g/mol. The van der Waals surface area contributed by atoms with Gasteiger partial charge in [-0.3, -0.25) is 4.79 Å². The van der Waals surface area contributed by atoms with Crippen LogP contribution in [0.4, 0.5) is 5.69 Å². The lowest BCUT2D eigenvalue weighted by molar-refractivity contribution is 0.441. The van der Waals surface area contributed by atoms with Crippen molar-refractivity contribution in [1.82, 2.24) is 15.1 Å². The minimum absolute atomic E-state index is 0.0671. The number of aromatic nitrogens is 2. The maximum absolute atomic E-state index is 12.0. The van der Waals surface area contributed by atoms with Gasteiger partial charge in [-0.1, -0.05) is 6.92 Å². The van der Waals surface area contributed by atoms with E-state index in [0.29, 0.717) is 22.4 Å². The van der Waals surface area contributed by atoms with Crippen molar-refractivity contribution in [3.63, 3.8) is 0 Å². The highest BCUT2D eigenvalue weighted by atomic mass is 79.9. The van der Waals surface area contributed by atoms with Crippen molar-refractivity contribution in [2.45, 2.75) is 19.4 Å². The molecular formula is C13H19BrN4O. The van der Waals surface area contributed by atoms with Crippen LogP contribution in [0.2, 0.25) is 0 Å². The van der Waals surface area contributed by atoms with Gasteiger partial charge in [0.2, 0.25) is 0 Å². The third-order valence-corrected chi connectivity index (χ3v) is 5.25. The van der Waals surface area contributed by atoms with Gasteiger partial charge >= 0.3 is 0 Å². The van der Waals surface area contributed by atoms with Crippen LogP contribution in [-0.2, 0) is 7.05 Å². The first-order chi connectivity index (χ1) is 9.13. The molecule has 1 aromatic rings. The van der Waals surface area contributed by atoms with E-state index in [1.165, 1.54) is 4.68 Å².